The zero-order valence-electron chi connectivity index (χ0n) is 12.2. The van der Waals surface area contributed by atoms with Gasteiger partial charge < -0.3 is 12.6 Å². The van der Waals surface area contributed by atoms with E-state index in [-0.39, 0.29) is 0 Å². The molecule has 1 N–H and O–H groups in total. The normalized spacial score (nSPS) is 11.3. The van der Waals surface area contributed by atoms with Gasteiger partial charge in [-0.15, -0.1) is 5.10 Å². The predicted molar refractivity (Wildman–Crippen MR) is 90.9 cm³/mol. The molecule has 8 heteroatoms. The van der Waals surface area contributed by atoms with Gasteiger partial charge in [-0.3, -0.25) is 9.29 Å². The van der Waals surface area contributed by atoms with Crippen LogP contribution in [0.2, 0.25) is 0 Å². The zero-order chi connectivity index (χ0) is 16.4. The van der Waals surface area contributed by atoms with E-state index in [2.05, 4.69) is 14.9 Å². The molecular weight excluding hydrogens is 332 g/mol. The Morgan fingerprint density at radius 1 is 1.00 bits per heavy atom. The molecule has 6 nitrogen and oxygen atoms in total. The van der Waals surface area contributed by atoms with Crippen molar-refractivity contribution in [2.24, 2.45) is 0 Å². The molecule has 1 heterocycles. The standard InChI is InChI=1S/C15H14N4O2S2/c1-23(20,21)18-12-9-7-11(8-10-12)14-16-17-15(22)19(14)13-5-3-2-4-6-13/h2-10,18H,1H3,(H,17,22)/p-1. The molecule has 0 aliphatic rings. The molecule has 0 aliphatic heterocycles. The molecule has 0 bridgehead atoms. The number of nitrogens with one attached hydrogen (secondary N) is 1. The van der Waals surface area contributed by atoms with Crippen molar-refractivity contribution < 1.29 is 8.42 Å². The second-order valence-corrected chi connectivity index (χ2v) is 7.04. The van der Waals surface area contributed by atoms with Crippen molar-refractivity contribution in [1.82, 2.24) is 14.8 Å². The second-order valence-electron chi connectivity index (χ2n) is 4.93. The Morgan fingerprint density at radius 2 is 1.65 bits per heavy atom. The zero-order valence-corrected chi connectivity index (χ0v) is 13.8. The van der Waals surface area contributed by atoms with Gasteiger partial charge in [-0.25, -0.2) is 8.42 Å². The summed E-state index contributed by atoms with van der Waals surface area (Å²) in [4.78, 5) is 0. The van der Waals surface area contributed by atoms with Gasteiger partial charge >= 0.3 is 0 Å². The largest absolute Gasteiger partial charge is 0.740 e. The van der Waals surface area contributed by atoms with Crippen molar-refractivity contribution in [1.29, 1.82) is 0 Å². The summed E-state index contributed by atoms with van der Waals surface area (Å²) in [5.41, 5.74) is 2.15. The Hall–Kier alpha value is -2.45. The molecule has 0 spiro atoms. The highest BCUT2D eigenvalue weighted by Gasteiger charge is 2.10. The molecule has 3 rings (SSSR count). The first kappa shape index (κ1) is 15.4. The van der Waals surface area contributed by atoms with Crippen LogP contribution in [0.15, 0.2) is 59.8 Å². The molecule has 118 valence electrons. The first-order chi connectivity index (χ1) is 10.9. The van der Waals surface area contributed by atoms with Crippen molar-refractivity contribution in [3.8, 4) is 17.1 Å². The van der Waals surface area contributed by atoms with E-state index >= 15 is 0 Å². The molecule has 1 aromatic heterocycles. The van der Waals surface area contributed by atoms with Gasteiger partial charge in [0, 0.05) is 22.1 Å². The van der Waals surface area contributed by atoms with Gasteiger partial charge in [0.15, 0.2) is 5.82 Å². The highest BCUT2D eigenvalue weighted by atomic mass is 32.2. The maximum absolute atomic E-state index is 11.2. The van der Waals surface area contributed by atoms with Crippen LogP contribution in [0.25, 0.3) is 17.1 Å². The lowest BCUT2D eigenvalue weighted by molar-refractivity contribution is 0.607. The molecule has 0 unspecified atom stereocenters. The third-order valence-electron chi connectivity index (χ3n) is 3.09. The number of hydrogen-bond acceptors (Lipinski definition) is 5. The lowest BCUT2D eigenvalue weighted by Gasteiger charge is -2.13. The summed E-state index contributed by atoms with van der Waals surface area (Å²) in [5, 5.41) is 8.47. The quantitative estimate of drug-likeness (QED) is 0.734. The predicted octanol–water partition coefficient (Wildman–Crippen LogP) is 2.21. The van der Waals surface area contributed by atoms with E-state index in [1.165, 1.54) is 0 Å². The number of rotatable bonds is 4. The highest BCUT2D eigenvalue weighted by molar-refractivity contribution is 7.92. The number of anilines is 1. The van der Waals surface area contributed by atoms with Crippen LogP contribution in [-0.2, 0) is 22.7 Å². The molecule has 2 aromatic carbocycles. The number of sulfonamides is 1. The minimum atomic E-state index is -3.30. The van der Waals surface area contributed by atoms with Crippen molar-refractivity contribution >= 4 is 28.3 Å². The average Bonchev–Trinajstić information content (AvgIpc) is 2.89. The van der Waals surface area contributed by atoms with E-state index in [4.69, 9.17) is 12.6 Å². The van der Waals surface area contributed by atoms with Gasteiger partial charge in [0.2, 0.25) is 10.0 Å². The molecule has 0 atom stereocenters. The summed E-state index contributed by atoms with van der Waals surface area (Å²) in [6, 6.07) is 16.5. The number of nitrogens with zero attached hydrogens (tertiary/aromatic N) is 3. The third-order valence-corrected chi connectivity index (χ3v) is 3.96. The minimum Gasteiger partial charge on any atom is -0.740 e. The third kappa shape index (κ3) is 3.49. The minimum absolute atomic E-state index is 0.365. The van der Waals surface area contributed by atoms with Crippen molar-refractivity contribution in [2.45, 2.75) is 5.16 Å². The lowest BCUT2D eigenvalue weighted by atomic mass is 10.2. The summed E-state index contributed by atoms with van der Waals surface area (Å²) >= 11 is 5.25. The fourth-order valence-corrected chi connectivity index (χ4v) is 2.97. The summed E-state index contributed by atoms with van der Waals surface area (Å²) < 4.78 is 26.7. The van der Waals surface area contributed by atoms with E-state index in [1.807, 2.05) is 30.3 Å². The second kappa shape index (κ2) is 5.98. The maximum Gasteiger partial charge on any atom is 0.229 e. The smallest absolute Gasteiger partial charge is 0.229 e. The first-order valence-electron chi connectivity index (χ1n) is 6.70. The van der Waals surface area contributed by atoms with Gasteiger partial charge in [0.05, 0.1) is 6.26 Å². The summed E-state index contributed by atoms with van der Waals surface area (Å²) in [7, 11) is -3.30. The topological polar surface area (TPSA) is 76.9 Å². The van der Waals surface area contributed by atoms with Crippen LogP contribution in [0.4, 0.5) is 5.69 Å². The molecule has 0 fully saturated rings. The molecule has 0 saturated heterocycles. The van der Waals surface area contributed by atoms with Gasteiger partial charge in [-0.1, -0.05) is 18.2 Å². The molecule has 0 saturated carbocycles. The van der Waals surface area contributed by atoms with Crippen molar-refractivity contribution in [2.75, 3.05) is 11.0 Å². The molecule has 0 aliphatic carbocycles. The summed E-state index contributed by atoms with van der Waals surface area (Å²) in [6.45, 7) is 0. The maximum atomic E-state index is 11.2. The monoisotopic (exact) mass is 345 g/mol. The van der Waals surface area contributed by atoms with Crippen LogP contribution in [-0.4, -0.2) is 29.4 Å². The van der Waals surface area contributed by atoms with Crippen LogP contribution in [0, 0.1) is 0 Å². The summed E-state index contributed by atoms with van der Waals surface area (Å²) in [5.74, 6) is 0.604. The van der Waals surface area contributed by atoms with E-state index in [0.717, 1.165) is 17.5 Å². The van der Waals surface area contributed by atoms with Crippen LogP contribution in [0.5, 0.6) is 0 Å². The van der Waals surface area contributed by atoms with E-state index in [9.17, 15) is 8.42 Å². The lowest BCUT2D eigenvalue weighted by Crippen LogP contribution is -2.09. The van der Waals surface area contributed by atoms with Crippen LogP contribution < -0.4 is 4.72 Å². The number of benzene rings is 2. The Bertz CT molecular complexity index is 920. The Kier molecular flexibility index (Phi) is 4.01. The fourth-order valence-electron chi connectivity index (χ4n) is 2.17. The van der Waals surface area contributed by atoms with E-state index < -0.39 is 10.0 Å². The van der Waals surface area contributed by atoms with E-state index in [1.54, 1.807) is 28.8 Å². The molecular formula is C15H13N4O2S2-. The number of hydrogen-bond donors (Lipinski definition) is 1. The van der Waals surface area contributed by atoms with Crippen LogP contribution >= 0.6 is 0 Å². The van der Waals surface area contributed by atoms with Gasteiger partial charge in [-0.2, -0.15) is 5.10 Å². The molecule has 0 amide bonds. The molecule has 3 aromatic rings. The van der Waals surface area contributed by atoms with Crippen molar-refractivity contribution in [3.63, 3.8) is 0 Å². The average molecular weight is 345 g/mol. The number of para-hydroxylation sites is 1. The van der Waals surface area contributed by atoms with Gasteiger partial charge in [0.25, 0.3) is 0 Å². The van der Waals surface area contributed by atoms with Crippen LogP contribution in [0.1, 0.15) is 0 Å². The van der Waals surface area contributed by atoms with E-state index in [0.29, 0.717) is 16.7 Å². The van der Waals surface area contributed by atoms with Crippen LogP contribution in [0.3, 0.4) is 0 Å². The Balaban J connectivity index is 2.00. The first-order valence-corrected chi connectivity index (χ1v) is 9.00. The van der Waals surface area contributed by atoms with Gasteiger partial charge in [0.1, 0.15) is 0 Å². The fraction of sp³-hybridized carbons (Fsp3) is 0.0667. The van der Waals surface area contributed by atoms with Gasteiger partial charge in [-0.05, 0) is 36.4 Å². The summed E-state index contributed by atoms with van der Waals surface area (Å²) in [6.07, 6.45) is 1.11. The van der Waals surface area contributed by atoms with Crippen molar-refractivity contribution in [3.05, 3.63) is 54.6 Å². The molecule has 0 radical (unpaired) electrons. The molecule has 23 heavy (non-hydrogen) atoms. The number of aromatic nitrogens is 3. The Morgan fingerprint density at radius 3 is 2.26 bits per heavy atom. The Labute approximate surface area is 139 Å². The SMILES string of the molecule is CS(=O)(=O)Nc1ccc(-c2nnc([S-])n2-c2ccccc2)cc1. The highest BCUT2D eigenvalue weighted by Crippen LogP contribution is 2.24.